The summed E-state index contributed by atoms with van der Waals surface area (Å²) in [4.78, 5) is 12.5. The van der Waals surface area contributed by atoms with E-state index in [4.69, 9.17) is 9.31 Å². The second-order valence-corrected chi connectivity index (χ2v) is 6.04. The van der Waals surface area contributed by atoms with Gasteiger partial charge in [0.1, 0.15) is 0 Å². The highest BCUT2D eigenvalue weighted by molar-refractivity contribution is 6.43. The molecule has 2 aromatic rings. The van der Waals surface area contributed by atoms with Gasteiger partial charge in [-0.05, 0) is 33.8 Å². The lowest BCUT2D eigenvalue weighted by atomic mass is 9.90. The van der Waals surface area contributed by atoms with Crippen LogP contribution in [0.5, 0.6) is 0 Å². The SMILES string of the molecule is CC1(C)OB(n2ncc3ccccc3c2=O)OC1(C)C. The summed E-state index contributed by atoms with van der Waals surface area (Å²) in [7, 11) is -0.794. The molecule has 5 nitrogen and oxygen atoms in total. The molecule has 1 aliphatic rings. The van der Waals surface area contributed by atoms with Crippen LogP contribution in [0.15, 0.2) is 35.3 Å². The van der Waals surface area contributed by atoms with Crippen LogP contribution in [0.2, 0.25) is 0 Å². The van der Waals surface area contributed by atoms with E-state index in [0.717, 1.165) is 5.39 Å². The molecule has 0 radical (unpaired) electrons. The predicted octanol–water partition coefficient (Wildman–Crippen LogP) is 1.83. The highest BCUT2D eigenvalue weighted by Gasteiger charge is 2.53. The number of aromatic nitrogens is 2. The molecule has 0 spiro atoms. The van der Waals surface area contributed by atoms with Crippen molar-refractivity contribution in [3.05, 3.63) is 40.8 Å². The van der Waals surface area contributed by atoms with E-state index in [0.29, 0.717) is 5.39 Å². The normalized spacial score (nSPS) is 20.5. The number of benzene rings is 1. The van der Waals surface area contributed by atoms with Crippen molar-refractivity contribution in [2.45, 2.75) is 38.9 Å². The Morgan fingerprint density at radius 3 is 2.35 bits per heavy atom. The van der Waals surface area contributed by atoms with Crippen molar-refractivity contribution in [2.75, 3.05) is 0 Å². The van der Waals surface area contributed by atoms with Crippen LogP contribution in [-0.4, -0.2) is 28.1 Å². The fourth-order valence-electron chi connectivity index (χ4n) is 2.17. The molecule has 20 heavy (non-hydrogen) atoms. The Morgan fingerprint density at radius 1 is 1.10 bits per heavy atom. The largest absolute Gasteiger partial charge is 0.618 e. The zero-order valence-electron chi connectivity index (χ0n) is 12.1. The summed E-state index contributed by atoms with van der Waals surface area (Å²) in [5, 5.41) is 5.59. The maximum Gasteiger partial charge on any atom is 0.618 e. The molecule has 1 aromatic carbocycles. The second-order valence-electron chi connectivity index (χ2n) is 6.04. The molecule has 0 bridgehead atoms. The van der Waals surface area contributed by atoms with Gasteiger partial charge in [0.25, 0.3) is 5.56 Å². The molecule has 0 unspecified atom stereocenters. The molecule has 0 saturated carbocycles. The number of nitrogens with zero attached hydrogens (tertiary/aromatic N) is 2. The smallest absolute Gasteiger partial charge is 0.383 e. The Kier molecular flexibility index (Phi) is 2.78. The summed E-state index contributed by atoms with van der Waals surface area (Å²) in [6.45, 7) is 7.77. The van der Waals surface area contributed by atoms with Crippen molar-refractivity contribution in [3.63, 3.8) is 0 Å². The first-order chi connectivity index (χ1) is 9.32. The third-order valence-corrected chi connectivity index (χ3v) is 4.16. The number of fused-ring (bicyclic) bond motifs is 1. The second kappa shape index (κ2) is 4.17. The Morgan fingerprint density at radius 2 is 1.70 bits per heavy atom. The van der Waals surface area contributed by atoms with Crippen LogP contribution >= 0.6 is 0 Å². The molecule has 0 aliphatic carbocycles. The quantitative estimate of drug-likeness (QED) is 0.743. The van der Waals surface area contributed by atoms with Gasteiger partial charge >= 0.3 is 7.25 Å². The molecule has 104 valence electrons. The zero-order valence-corrected chi connectivity index (χ0v) is 12.1. The van der Waals surface area contributed by atoms with Crippen molar-refractivity contribution < 1.29 is 9.31 Å². The van der Waals surface area contributed by atoms with Crippen molar-refractivity contribution in [1.29, 1.82) is 0 Å². The van der Waals surface area contributed by atoms with Crippen molar-refractivity contribution in [3.8, 4) is 0 Å². The minimum absolute atomic E-state index is 0.207. The van der Waals surface area contributed by atoms with Crippen LogP contribution in [0, 0.1) is 0 Å². The summed E-state index contributed by atoms with van der Waals surface area (Å²) in [6, 6.07) is 7.35. The summed E-state index contributed by atoms with van der Waals surface area (Å²) < 4.78 is 13.0. The van der Waals surface area contributed by atoms with Crippen LogP contribution in [0.1, 0.15) is 27.7 Å². The molecule has 6 heteroatoms. The lowest BCUT2D eigenvalue weighted by Gasteiger charge is -2.32. The van der Waals surface area contributed by atoms with Gasteiger partial charge in [0.15, 0.2) is 0 Å². The van der Waals surface area contributed by atoms with Crippen molar-refractivity contribution in [2.24, 2.45) is 0 Å². The molecule has 1 aliphatic heterocycles. The fourth-order valence-corrected chi connectivity index (χ4v) is 2.17. The molecular weight excluding hydrogens is 255 g/mol. The standard InChI is InChI=1S/C14H17BN2O3/c1-13(2)14(3,4)20-15(19-13)17-12(18)11-8-6-5-7-10(11)9-16-17/h5-9H,1-4H3. The van der Waals surface area contributed by atoms with Crippen LogP contribution in [0.3, 0.4) is 0 Å². The number of hydrogen-bond donors (Lipinski definition) is 0. The fraction of sp³-hybridized carbons (Fsp3) is 0.429. The summed E-state index contributed by atoms with van der Waals surface area (Å²) in [5.74, 6) is 0. The molecule has 0 N–H and O–H groups in total. The van der Waals surface area contributed by atoms with Gasteiger partial charge < -0.3 is 9.31 Å². The monoisotopic (exact) mass is 272 g/mol. The molecule has 1 aromatic heterocycles. The van der Waals surface area contributed by atoms with Gasteiger partial charge in [0, 0.05) is 10.8 Å². The zero-order chi connectivity index (χ0) is 14.5. The van der Waals surface area contributed by atoms with Crippen LogP contribution in [-0.2, 0) is 9.31 Å². The molecule has 0 amide bonds. The highest BCUT2D eigenvalue weighted by Crippen LogP contribution is 2.36. The lowest BCUT2D eigenvalue weighted by molar-refractivity contribution is 0.00578. The van der Waals surface area contributed by atoms with Crippen LogP contribution in [0.4, 0.5) is 0 Å². The third kappa shape index (κ3) is 1.87. The van der Waals surface area contributed by atoms with Crippen molar-refractivity contribution >= 4 is 18.0 Å². The van der Waals surface area contributed by atoms with Gasteiger partial charge in [-0.2, -0.15) is 5.10 Å². The van der Waals surface area contributed by atoms with E-state index in [1.54, 1.807) is 12.3 Å². The van der Waals surface area contributed by atoms with E-state index < -0.39 is 18.5 Å². The predicted molar refractivity (Wildman–Crippen MR) is 77.5 cm³/mol. The highest BCUT2D eigenvalue weighted by atomic mass is 16.7. The Labute approximate surface area is 117 Å². The van der Waals surface area contributed by atoms with Crippen LogP contribution < -0.4 is 5.56 Å². The van der Waals surface area contributed by atoms with Gasteiger partial charge in [-0.15, -0.1) is 0 Å². The molecule has 3 rings (SSSR count). The molecule has 2 heterocycles. The summed E-state index contributed by atoms with van der Waals surface area (Å²) in [5.41, 5.74) is -1.20. The van der Waals surface area contributed by atoms with Gasteiger partial charge in [-0.1, -0.05) is 18.2 Å². The maximum absolute atomic E-state index is 12.5. The molecule has 1 saturated heterocycles. The first-order valence-electron chi connectivity index (χ1n) is 6.64. The van der Waals surface area contributed by atoms with Gasteiger partial charge in [-0.25, -0.2) is 4.59 Å². The van der Waals surface area contributed by atoms with Gasteiger partial charge in [-0.3, -0.25) is 4.79 Å². The van der Waals surface area contributed by atoms with Crippen molar-refractivity contribution in [1.82, 2.24) is 9.69 Å². The van der Waals surface area contributed by atoms with E-state index in [1.165, 1.54) is 4.59 Å². The van der Waals surface area contributed by atoms with Gasteiger partial charge in [0.2, 0.25) is 0 Å². The number of rotatable bonds is 1. The summed E-state index contributed by atoms with van der Waals surface area (Å²) >= 11 is 0. The van der Waals surface area contributed by atoms with E-state index in [9.17, 15) is 4.79 Å². The Balaban J connectivity index is 2.09. The Bertz CT molecular complexity index is 708. The lowest BCUT2D eigenvalue weighted by Crippen LogP contribution is -2.41. The maximum atomic E-state index is 12.5. The third-order valence-electron chi connectivity index (χ3n) is 4.16. The number of hydrogen-bond acceptors (Lipinski definition) is 4. The van der Waals surface area contributed by atoms with E-state index in [1.807, 2.05) is 45.9 Å². The first-order valence-corrected chi connectivity index (χ1v) is 6.64. The first kappa shape index (κ1) is 13.3. The Hall–Kier alpha value is -1.66. The molecular formula is C14H17BN2O3. The minimum atomic E-state index is -0.794. The topological polar surface area (TPSA) is 53.4 Å². The average Bonchev–Trinajstić information content (AvgIpc) is 2.59. The average molecular weight is 272 g/mol. The van der Waals surface area contributed by atoms with E-state index in [-0.39, 0.29) is 5.56 Å². The summed E-state index contributed by atoms with van der Waals surface area (Å²) in [6.07, 6.45) is 1.65. The molecule has 0 atom stereocenters. The van der Waals surface area contributed by atoms with Crippen LogP contribution in [0.25, 0.3) is 10.8 Å². The molecule has 1 fully saturated rings. The van der Waals surface area contributed by atoms with Gasteiger partial charge in [0.05, 0.1) is 17.4 Å². The van der Waals surface area contributed by atoms with E-state index >= 15 is 0 Å². The minimum Gasteiger partial charge on any atom is -0.383 e. The van der Waals surface area contributed by atoms with E-state index in [2.05, 4.69) is 5.10 Å².